The SMILES string of the molecule is COc1ccc(C)cc1C(=O)N1CCN(C(=O)c2ccc(C)cc2)CC1. The van der Waals surface area contributed by atoms with Crippen LogP contribution in [0.5, 0.6) is 5.75 Å². The highest BCUT2D eigenvalue weighted by Crippen LogP contribution is 2.22. The van der Waals surface area contributed by atoms with Crippen LogP contribution in [0.1, 0.15) is 31.8 Å². The molecule has 0 bridgehead atoms. The van der Waals surface area contributed by atoms with Crippen molar-refractivity contribution in [1.82, 2.24) is 9.80 Å². The van der Waals surface area contributed by atoms with E-state index in [1.165, 1.54) is 0 Å². The number of piperazine rings is 1. The van der Waals surface area contributed by atoms with Crippen LogP contribution in [0.25, 0.3) is 0 Å². The van der Waals surface area contributed by atoms with E-state index in [1.807, 2.05) is 61.2 Å². The number of aryl methyl sites for hydroxylation is 2. The van der Waals surface area contributed by atoms with Gasteiger partial charge in [0.25, 0.3) is 11.8 Å². The van der Waals surface area contributed by atoms with Crippen LogP contribution < -0.4 is 4.74 Å². The summed E-state index contributed by atoms with van der Waals surface area (Å²) in [4.78, 5) is 29.1. The minimum atomic E-state index is -0.0482. The van der Waals surface area contributed by atoms with Crippen molar-refractivity contribution in [3.8, 4) is 5.75 Å². The highest BCUT2D eigenvalue weighted by atomic mass is 16.5. The van der Waals surface area contributed by atoms with Gasteiger partial charge in [0.2, 0.25) is 0 Å². The number of hydrogen-bond acceptors (Lipinski definition) is 3. The number of carbonyl (C=O) groups excluding carboxylic acids is 2. The van der Waals surface area contributed by atoms with E-state index in [2.05, 4.69) is 0 Å². The number of nitrogens with zero attached hydrogens (tertiary/aromatic N) is 2. The van der Waals surface area contributed by atoms with E-state index in [0.717, 1.165) is 11.1 Å². The molecular weight excluding hydrogens is 328 g/mol. The molecule has 2 aromatic rings. The molecule has 2 aromatic carbocycles. The number of amides is 2. The van der Waals surface area contributed by atoms with Crippen molar-refractivity contribution >= 4 is 11.8 Å². The van der Waals surface area contributed by atoms with Crippen molar-refractivity contribution in [2.45, 2.75) is 13.8 Å². The molecule has 0 atom stereocenters. The molecule has 0 aliphatic carbocycles. The molecule has 2 amide bonds. The third kappa shape index (κ3) is 3.72. The second kappa shape index (κ2) is 7.60. The van der Waals surface area contributed by atoms with Crippen LogP contribution in [0.15, 0.2) is 42.5 Å². The first-order chi connectivity index (χ1) is 12.5. The molecule has 1 heterocycles. The number of carbonyl (C=O) groups is 2. The summed E-state index contributed by atoms with van der Waals surface area (Å²) in [6.45, 7) is 6.06. The topological polar surface area (TPSA) is 49.9 Å². The summed E-state index contributed by atoms with van der Waals surface area (Å²) in [5.41, 5.74) is 3.41. The van der Waals surface area contributed by atoms with E-state index in [9.17, 15) is 9.59 Å². The Balaban J connectivity index is 1.66. The highest BCUT2D eigenvalue weighted by molar-refractivity contribution is 5.98. The first kappa shape index (κ1) is 18.0. The van der Waals surface area contributed by atoms with Crippen molar-refractivity contribution in [3.63, 3.8) is 0 Å². The molecule has 0 radical (unpaired) electrons. The quantitative estimate of drug-likeness (QED) is 0.853. The molecule has 136 valence electrons. The lowest BCUT2D eigenvalue weighted by Crippen LogP contribution is -2.50. The monoisotopic (exact) mass is 352 g/mol. The Kier molecular flexibility index (Phi) is 5.26. The Hall–Kier alpha value is -2.82. The molecular formula is C21H24N2O3. The smallest absolute Gasteiger partial charge is 0.257 e. The van der Waals surface area contributed by atoms with Gasteiger partial charge in [0.15, 0.2) is 0 Å². The summed E-state index contributed by atoms with van der Waals surface area (Å²) in [6, 6.07) is 13.2. The second-order valence-corrected chi connectivity index (χ2v) is 6.65. The maximum Gasteiger partial charge on any atom is 0.257 e. The highest BCUT2D eigenvalue weighted by Gasteiger charge is 2.27. The van der Waals surface area contributed by atoms with Gasteiger partial charge in [-0.2, -0.15) is 0 Å². The van der Waals surface area contributed by atoms with E-state index in [1.54, 1.807) is 12.0 Å². The number of ether oxygens (including phenoxy) is 1. The third-order valence-corrected chi connectivity index (χ3v) is 4.74. The Labute approximate surface area is 154 Å². The van der Waals surface area contributed by atoms with Crippen LogP contribution in [0.2, 0.25) is 0 Å². The van der Waals surface area contributed by atoms with E-state index >= 15 is 0 Å². The summed E-state index contributed by atoms with van der Waals surface area (Å²) in [7, 11) is 1.57. The molecule has 1 aliphatic rings. The number of benzene rings is 2. The molecule has 1 saturated heterocycles. The molecule has 5 heteroatoms. The number of hydrogen-bond donors (Lipinski definition) is 0. The van der Waals surface area contributed by atoms with E-state index in [-0.39, 0.29) is 11.8 Å². The maximum atomic E-state index is 12.9. The first-order valence-corrected chi connectivity index (χ1v) is 8.79. The zero-order chi connectivity index (χ0) is 18.7. The van der Waals surface area contributed by atoms with Crippen molar-refractivity contribution in [2.75, 3.05) is 33.3 Å². The fourth-order valence-corrected chi connectivity index (χ4v) is 3.15. The lowest BCUT2D eigenvalue weighted by molar-refractivity contribution is 0.0533. The van der Waals surface area contributed by atoms with Gasteiger partial charge in [-0.3, -0.25) is 9.59 Å². The molecule has 0 spiro atoms. The average molecular weight is 352 g/mol. The van der Waals surface area contributed by atoms with E-state index in [0.29, 0.717) is 43.1 Å². The van der Waals surface area contributed by atoms with E-state index < -0.39 is 0 Å². The lowest BCUT2D eigenvalue weighted by atomic mass is 10.1. The largest absolute Gasteiger partial charge is 0.496 e. The zero-order valence-electron chi connectivity index (χ0n) is 15.5. The summed E-state index contributed by atoms with van der Waals surface area (Å²) in [5.74, 6) is 0.553. The van der Waals surface area contributed by atoms with Crippen LogP contribution in [0, 0.1) is 13.8 Å². The van der Waals surface area contributed by atoms with Crippen molar-refractivity contribution in [1.29, 1.82) is 0 Å². The third-order valence-electron chi connectivity index (χ3n) is 4.74. The van der Waals surface area contributed by atoms with Crippen molar-refractivity contribution in [2.24, 2.45) is 0 Å². The molecule has 0 aromatic heterocycles. The fraction of sp³-hybridized carbons (Fsp3) is 0.333. The predicted octanol–water partition coefficient (Wildman–Crippen LogP) is 2.91. The molecule has 1 aliphatic heterocycles. The second-order valence-electron chi connectivity index (χ2n) is 6.65. The molecule has 0 saturated carbocycles. The van der Waals surface area contributed by atoms with Crippen molar-refractivity contribution in [3.05, 3.63) is 64.7 Å². The van der Waals surface area contributed by atoms with Gasteiger partial charge in [-0.25, -0.2) is 0 Å². The minimum Gasteiger partial charge on any atom is -0.496 e. The average Bonchev–Trinajstić information content (AvgIpc) is 2.67. The van der Waals surface area contributed by atoms with Crippen LogP contribution in [0.3, 0.4) is 0 Å². The van der Waals surface area contributed by atoms with Gasteiger partial charge in [-0.1, -0.05) is 29.3 Å². The normalized spacial score (nSPS) is 14.3. The summed E-state index contributed by atoms with van der Waals surface area (Å²) >= 11 is 0. The van der Waals surface area contributed by atoms with Gasteiger partial charge >= 0.3 is 0 Å². The number of methoxy groups -OCH3 is 1. The zero-order valence-corrected chi connectivity index (χ0v) is 15.5. The predicted molar refractivity (Wildman–Crippen MR) is 101 cm³/mol. The molecule has 3 rings (SSSR count). The van der Waals surface area contributed by atoms with Crippen LogP contribution in [-0.4, -0.2) is 54.9 Å². The summed E-state index contributed by atoms with van der Waals surface area (Å²) in [5, 5.41) is 0. The molecule has 0 unspecified atom stereocenters. The molecule has 26 heavy (non-hydrogen) atoms. The van der Waals surface area contributed by atoms with E-state index in [4.69, 9.17) is 4.74 Å². The van der Waals surface area contributed by atoms with Crippen LogP contribution in [-0.2, 0) is 0 Å². The Morgan fingerprint density at radius 1 is 0.808 bits per heavy atom. The molecule has 5 nitrogen and oxygen atoms in total. The number of rotatable bonds is 3. The molecule has 1 fully saturated rings. The van der Waals surface area contributed by atoms with Gasteiger partial charge < -0.3 is 14.5 Å². The Bertz CT molecular complexity index is 807. The van der Waals surface area contributed by atoms with Crippen molar-refractivity contribution < 1.29 is 14.3 Å². The minimum absolute atomic E-state index is 0.0187. The van der Waals surface area contributed by atoms with Gasteiger partial charge in [0.05, 0.1) is 12.7 Å². The van der Waals surface area contributed by atoms with Gasteiger partial charge in [0, 0.05) is 31.7 Å². The van der Waals surface area contributed by atoms with Gasteiger partial charge in [-0.15, -0.1) is 0 Å². The Morgan fingerprint density at radius 3 is 1.92 bits per heavy atom. The lowest BCUT2D eigenvalue weighted by Gasteiger charge is -2.35. The standard InChI is InChI=1S/C21H24N2O3/c1-15-4-7-17(8-5-15)20(24)22-10-12-23(13-11-22)21(25)18-14-16(2)6-9-19(18)26-3/h4-9,14H,10-13H2,1-3H3. The van der Waals surface area contributed by atoms with Gasteiger partial charge in [-0.05, 0) is 38.1 Å². The fourth-order valence-electron chi connectivity index (χ4n) is 3.15. The Morgan fingerprint density at radius 2 is 1.35 bits per heavy atom. The first-order valence-electron chi connectivity index (χ1n) is 8.79. The molecule has 0 N–H and O–H groups in total. The van der Waals surface area contributed by atoms with Gasteiger partial charge in [0.1, 0.15) is 5.75 Å². The maximum absolute atomic E-state index is 12.9. The van der Waals surface area contributed by atoms with Crippen LogP contribution in [0.4, 0.5) is 0 Å². The summed E-state index contributed by atoms with van der Waals surface area (Å²) < 4.78 is 5.33. The van der Waals surface area contributed by atoms with Crippen LogP contribution >= 0.6 is 0 Å². The summed E-state index contributed by atoms with van der Waals surface area (Å²) in [6.07, 6.45) is 0.